The second-order valence-electron chi connectivity index (χ2n) is 7.73. The molecule has 0 saturated carbocycles. The summed E-state index contributed by atoms with van der Waals surface area (Å²) in [5.74, 6) is 0.0477. The van der Waals surface area contributed by atoms with E-state index in [4.69, 9.17) is 4.74 Å². The van der Waals surface area contributed by atoms with Crippen molar-refractivity contribution in [3.05, 3.63) is 63.6 Å². The Morgan fingerprint density at radius 1 is 1.20 bits per heavy atom. The zero-order chi connectivity index (χ0) is 21.3. The summed E-state index contributed by atoms with van der Waals surface area (Å²) >= 11 is 3.55. The third-order valence-electron chi connectivity index (χ3n) is 5.84. The normalized spacial score (nSPS) is 19.0. The van der Waals surface area contributed by atoms with E-state index in [0.717, 1.165) is 39.7 Å². The molecule has 0 aromatic heterocycles. The average Bonchev–Trinajstić information content (AvgIpc) is 3.03. The third-order valence-corrected chi connectivity index (χ3v) is 6.73. The van der Waals surface area contributed by atoms with Crippen LogP contribution in [0.4, 0.5) is 10.5 Å². The maximum Gasteiger partial charge on any atom is 0.409 e. The van der Waals surface area contributed by atoms with E-state index in [1.165, 1.54) is 0 Å². The first-order chi connectivity index (χ1) is 14.5. The van der Waals surface area contributed by atoms with Gasteiger partial charge in [-0.05, 0) is 56.5 Å². The Morgan fingerprint density at radius 2 is 1.93 bits per heavy atom. The van der Waals surface area contributed by atoms with Gasteiger partial charge in [0.2, 0.25) is 0 Å². The first-order valence-corrected chi connectivity index (χ1v) is 11.1. The fourth-order valence-corrected chi connectivity index (χ4v) is 4.54. The molecule has 6 nitrogen and oxygen atoms in total. The van der Waals surface area contributed by atoms with Gasteiger partial charge in [0.1, 0.15) is 6.17 Å². The van der Waals surface area contributed by atoms with Crippen LogP contribution in [0, 0.1) is 6.92 Å². The number of carbonyl (C=O) groups is 2. The minimum atomic E-state index is -0.271. The number of hydrogen-bond acceptors (Lipinski definition) is 4. The molecule has 1 unspecified atom stereocenters. The maximum absolute atomic E-state index is 13.3. The van der Waals surface area contributed by atoms with Gasteiger partial charge in [-0.1, -0.05) is 34.1 Å². The molecule has 2 aromatic carbocycles. The highest BCUT2D eigenvalue weighted by atomic mass is 79.9. The predicted octanol–water partition coefficient (Wildman–Crippen LogP) is 4.94. The molecule has 1 atom stereocenters. The zero-order valence-corrected chi connectivity index (χ0v) is 18.8. The molecule has 2 amide bonds. The smallest absolute Gasteiger partial charge is 0.409 e. The van der Waals surface area contributed by atoms with Crippen molar-refractivity contribution in [2.24, 2.45) is 0 Å². The van der Waals surface area contributed by atoms with E-state index < -0.39 is 0 Å². The number of hydrogen-bond donors (Lipinski definition) is 1. The van der Waals surface area contributed by atoms with Gasteiger partial charge in [-0.15, -0.1) is 0 Å². The van der Waals surface area contributed by atoms with Crippen molar-refractivity contribution >= 4 is 33.6 Å². The number of nitrogens with zero attached hydrogens (tertiary/aromatic N) is 2. The number of carbonyl (C=O) groups excluding carboxylic acids is 2. The number of amides is 2. The fraction of sp³-hybridized carbons (Fsp3) is 0.391. The highest BCUT2D eigenvalue weighted by Gasteiger charge is 2.42. The number of likely N-dealkylation sites (tertiary alicyclic amines) is 1. The number of benzene rings is 2. The Bertz CT molecular complexity index is 956. The van der Waals surface area contributed by atoms with Crippen molar-refractivity contribution in [2.45, 2.75) is 38.9 Å². The van der Waals surface area contributed by atoms with Gasteiger partial charge in [-0.2, -0.15) is 0 Å². The number of anilines is 1. The molecule has 158 valence electrons. The van der Waals surface area contributed by atoms with Gasteiger partial charge < -0.3 is 19.9 Å². The summed E-state index contributed by atoms with van der Waals surface area (Å²) < 4.78 is 6.18. The second kappa shape index (κ2) is 8.68. The Hall–Kier alpha value is -2.54. The molecule has 2 heterocycles. The van der Waals surface area contributed by atoms with E-state index in [2.05, 4.69) is 27.3 Å². The van der Waals surface area contributed by atoms with Crippen molar-refractivity contribution in [1.29, 1.82) is 0 Å². The minimum absolute atomic E-state index is 0.0477. The number of nitrogens with one attached hydrogen (secondary N) is 1. The molecule has 1 fully saturated rings. The Labute approximate surface area is 185 Å². The monoisotopic (exact) mass is 471 g/mol. The van der Waals surface area contributed by atoms with Crippen LogP contribution < -0.4 is 5.32 Å². The van der Waals surface area contributed by atoms with Crippen LogP contribution in [0.1, 0.15) is 47.4 Å². The van der Waals surface area contributed by atoms with Crippen LogP contribution in [0.15, 0.2) is 46.9 Å². The van der Waals surface area contributed by atoms with E-state index in [9.17, 15) is 9.59 Å². The number of ether oxygens (including phenoxy) is 1. The van der Waals surface area contributed by atoms with E-state index >= 15 is 0 Å². The predicted molar refractivity (Wildman–Crippen MR) is 119 cm³/mol. The standard InChI is InChI=1S/C23H26BrN3O3/c1-3-30-23(29)26-12-10-17(11-13-26)27-21(18-6-4-5-7-19(18)22(27)28)25-16-8-9-20(24)15(2)14-16/h4-9,14,17,21,25H,3,10-13H2,1-2H3. The lowest BCUT2D eigenvalue weighted by Gasteiger charge is -2.39. The van der Waals surface area contributed by atoms with E-state index in [1.807, 2.05) is 55.1 Å². The SMILES string of the molecule is CCOC(=O)N1CCC(N2C(=O)c3ccccc3C2Nc2ccc(Br)c(C)c2)CC1. The maximum atomic E-state index is 13.3. The van der Waals surface area contributed by atoms with Gasteiger partial charge in [0, 0.05) is 40.4 Å². The molecule has 2 aliphatic heterocycles. The van der Waals surface area contributed by atoms with Gasteiger partial charge in [-0.25, -0.2) is 4.79 Å². The van der Waals surface area contributed by atoms with Crippen LogP contribution in [0.2, 0.25) is 0 Å². The topological polar surface area (TPSA) is 61.9 Å². The van der Waals surface area contributed by atoms with E-state index in [0.29, 0.717) is 19.7 Å². The van der Waals surface area contributed by atoms with Crippen LogP contribution in [0.25, 0.3) is 0 Å². The molecule has 7 heteroatoms. The lowest BCUT2D eigenvalue weighted by molar-refractivity contribution is 0.0496. The van der Waals surface area contributed by atoms with Crippen molar-refractivity contribution in [3.63, 3.8) is 0 Å². The van der Waals surface area contributed by atoms with Crippen LogP contribution in [-0.4, -0.2) is 47.5 Å². The Balaban J connectivity index is 1.57. The highest BCUT2D eigenvalue weighted by molar-refractivity contribution is 9.10. The van der Waals surface area contributed by atoms with Gasteiger partial charge in [-0.3, -0.25) is 4.79 Å². The summed E-state index contributed by atoms with van der Waals surface area (Å²) in [7, 11) is 0. The molecule has 2 aromatic rings. The summed E-state index contributed by atoms with van der Waals surface area (Å²) in [6.45, 7) is 5.41. The lowest BCUT2D eigenvalue weighted by atomic mass is 10.0. The second-order valence-corrected chi connectivity index (χ2v) is 8.58. The summed E-state index contributed by atoms with van der Waals surface area (Å²) in [6.07, 6.45) is 0.965. The molecule has 0 radical (unpaired) electrons. The van der Waals surface area contributed by atoms with Crippen LogP contribution >= 0.6 is 15.9 Å². The summed E-state index contributed by atoms with van der Waals surface area (Å²) in [6, 6.07) is 14.0. The summed E-state index contributed by atoms with van der Waals surface area (Å²) in [4.78, 5) is 29.0. The van der Waals surface area contributed by atoms with E-state index in [1.54, 1.807) is 4.90 Å². The van der Waals surface area contributed by atoms with Crippen molar-refractivity contribution < 1.29 is 14.3 Å². The molecule has 0 bridgehead atoms. The average molecular weight is 472 g/mol. The molecular formula is C23H26BrN3O3. The first kappa shape index (κ1) is 20.7. The van der Waals surface area contributed by atoms with Gasteiger partial charge in [0.05, 0.1) is 6.61 Å². The van der Waals surface area contributed by atoms with Gasteiger partial charge >= 0.3 is 6.09 Å². The number of aryl methyl sites for hydroxylation is 1. The minimum Gasteiger partial charge on any atom is -0.450 e. The van der Waals surface area contributed by atoms with Crippen LogP contribution in [0.5, 0.6) is 0 Å². The van der Waals surface area contributed by atoms with Crippen molar-refractivity contribution in [1.82, 2.24) is 9.80 Å². The molecular weight excluding hydrogens is 446 g/mol. The molecule has 0 aliphatic carbocycles. The summed E-state index contributed by atoms with van der Waals surface area (Å²) in [5.41, 5.74) is 3.85. The number of piperidine rings is 1. The number of rotatable bonds is 4. The van der Waals surface area contributed by atoms with Crippen LogP contribution in [-0.2, 0) is 4.74 Å². The lowest BCUT2D eigenvalue weighted by Crippen LogP contribution is -2.49. The zero-order valence-electron chi connectivity index (χ0n) is 17.2. The fourth-order valence-electron chi connectivity index (χ4n) is 4.29. The van der Waals surface area contributed by atoms with Crippen molar-refractivity contribution in [3.8, 4) is 0 Å². The quantitative estimate of drug-likeness (QED) is 0.685. The number of fused-ring (bicyclic) bond motifs is 1. The molecule has 0 spiro atoms. The molecule has 2 aliphatic rings. The molecule has 1 saturated heterocycles. The molecule has 1 N–H and O–H groups in total. The molecule has 30 heavy (non-hydrogen) atoms. The Kier molecular flexibility index (Phi) is 5.99. The summed E-state index contributed by atoms with van der Waals surface area (Å²) in [5, 5.41) is 3.58. The van der Waals surface area contributed by atoms with E-state index in [-0.39, 0.29) is 24.2 Å². The third kappa shape index (κ3) is 3.90. The number of halogens is 1. The highest BCUT2D eigenvalue weighted by Crippen LogP contribution is 2.38. The van der Waals surface area contributed by atoms with Crippen LogP contribution in [0.3, 0.4) is 0 Å². The van der Waals surface area contributed by atoms with Gasteiger partial charge in [0.25, 0.3) is 5.91 Å². The Morgan fingerprint density at radius 3 is 2.63 bits per heavy atom. The molecule has 4 rings (SSSR count). The first-order valence-electron chi connectivity index (χ1n) is 10.4. The van der Waals surface area contributed by atoms with Gasteiger partial charge in [0.15, 0.2) is 0 Å². The van der Waals surface area contributed by atoms with Crippen molar-refractivity contribution in [2.75, 3.05) is 25.0 Å². The largest absolute Gasteiger partial charge is 0.450 e.